The van der Waals surface area contributed by atoms with Crippen LogP contribution in [0.1, 0.15) is 31.5 Å². The molecule has 2 aromatic rings. The number of rotatable bonds is 2. The summed E-state index contributed by atoms with van der Waals surface area (Å²) in [5, 5.41) is 0. The summed E-state index contributed by atoms with van der Waals surface area (Å²) < 4.78 is 2.37. The highest BCUT2D eigenvalue weighted by Crippen LogP contribution is 2.42. The fourth-order valence-electron chi connectivity index (χ4n) is 4.64. The molecular weight excluding hydrogens is 326 g/mol. The molecule has 6 nitrogen and oxygen atoms in total. The average Bonchev–Trinajstić information content (AvgIpc) is 3.44. The summed E-state index contributed by atoms with van der Waals surface area (Å²) in [6.45, 7) is 3.64. The van der Waals surface area contributed by atoms with Gasteiger partial charge in [-0.15, -0.1) is 0 Å². The van der Waals surface area contributed by atoms with E-state index in [9.17, 15) is 4.79 Å². The number of hydrogen-bond acceptors (Lipinski definition) is 4. The molecule has 1 saturated heterocycles. The molecule has 0 bridgehead atoms. The Morgan fingerprint density at radius 1 is 1.15 bits per heavy atom. The van der Waals surface area contributed by atoms with Gasteiger partial charge in [0.05, 0.1) is 17.4 Å². The first-order chi connectivity index (χ1) is 12.7. The van der Waals surface area contributed by atoms with E-state index in [0.717, 1.165) is 68.9 Å². The highest BCUT2D eigenvalue weighted by molar-refractivity contribution is 5.81. The van der Waals surface area contributed by atoms with Crippen LogP contribution in [0.15, 0.2) is 30.7 Å². The van der Waals surface area contributed by atoms with E-state index in [2.05, 4.69) is 32.5 Å². The first kappa shape index (κ1) is 16.0. The van der Waals surface area contributed by atoms with Gasteiger partial charge in [-0.25, -0.2) is 4.98 Å². The normalized spacial score (nSPS) is 22.4. The number of nitrogens with zero attached hydrogens (tertiary/aromatic N) is 5. The Kier molecular flexibility index (Phi) is 3.64. The first-order valence-electron chi connectivity index (χ1n) is 9.65. The number of likely N-dealkylation sites (N-methyl/N-ethyl adjacent to an activating group) is 1. The zero-order valence-electron chi connectivity index (χ0n) is 15.3. The Morgan fingerprint density at radius 3 is 2.65 bits per heavy atom. The van der Waals surface area contributed by atoms with E-state index >= 15 is 0 Å². The molecule has 0 radical (unpaired) electrons. The molecule has 5 rings (SSSR count). The van der Waals surface area contributed by atoms with Gasteiger partial charge in [-0.05, 0) is 44.9 Å². The van der Waals surface area contributed by atoms with Crippen molar-refractivity contribution in [1.82, 2.24) is 24.3 Å². The Balaban J connectivity index is 1.46. The molecule has 0 aromatic carbocycles. The monoisotopic (exact) mass is 351 g/mol. The molecule has 136 valence electrons. The van der Waals surface area contributed by atoms with Crippen LogP contribution in [0.3, 0.4) is 0 Å². The molecule has 0 unspecified atom stereocenters. The van der Waals surface area contributed by atoms with E-state index in [0.29, 0.717) is 11.8 Å². The first-order valence-corrected chi connectivity index (χ1v) is 9.65. The van der Waals surface area contributed by atoms with Crippen LogP contribution in [0.25, 0.3) is 11.3 Å². The highest BCUT2D eigenvalue weighted by atomic mass is 16.2. The Labute approximate surface area is 153 Å². The molecule has 2 fully saturated rings. The van der Waals surface area contributed by atoms with E-state index in [4.69, 9.17) is 4.98 Å². The van der Waals surface area contributed by atoms with Gasteiger partial charge in [0.25, 0.3) is 0 Å². The van der Waals surface area contributed by atoms with Crippen molar-refractivity contribution >= 4 is 5.91 Å². The van der Waals surface area contributed by atoms with E-state index in [1.807, 2.05) is 18.5 Å². The van der Waals surface area contributed by atoms with Crippen molar-refractivity contribution in [1.29, 1.82) is 0 Å². The van der Waals surface area contributed by atoms with Crippen molar-refractivity contribution in [2.45, 2.75) is 37.8 Å². The van der Waals surface area contributed by atoms with Gasteiger partial charge >= 0.3 is 0 Å². The largest absolute Gasteiger partial charge is 0.342 e. The number of amides is 1. The van der Waals surface area contributed by atoms with Crippen molar-refractivity contribution in [2.24, 2.45) is 5.92 Å². The summed E-state index contributed by atoms with van der Waals surface area (Å²) in [4.78, 5) is 26.1. The number of fused-ring (bicyclic) bond motifs is 2. The van der Waals surface area contributed by atoms with E-state index in [-0.39, 0.29) is 5.54 Å². The van der Waals surface area contributed by atoms with Crippen LogP contribution in [0.5, 0.6) is 0 Å². The van der Waals surface area contributed by atoms with Crippen molar-refractivity contribution in [3.05, 3.63) is 36.5 Å². The smallest absolute Gasteiger partial charge is 0.225 e. The van der Waals surface area contributed by atoms with Gasteiger partial charge < -0.3 is 9.47 Å². The maximum Gasteiger partial charge on any atom is 0.225 e. The lowest BCUT2D eigenvalue weighted by atomic mass is 9.83. The molecular formula is C20H25N5O. The van der Waals surface area contributed by atoms with Crippen LogP contribution in [-0.4, -0.2) is 56.9 Å². The zero-order chi connectivity index (χ0) is 17.7. The molecule has 3 aliphatic rings. The predicted octanol–water partition coefficient (Wildman–Crippen LogP) is 2.12. The molecule has 6 heteroatoms. The van der Waals surface area contributed by atoms with Gasteiger partial charge in [0, 0.05) is 50.1 Å². The minimum absolute atomic E-state index is 0.0565. The maximum atomic E-state index is 12.4. The SMILES string of the molecule is CN1CCn2c(-c3cccnc3)cnc2C12CCN(C(=O)C1CC1)CC2. The number of imidazole rings is 1. The lowest BCUT2D eigenvalue weighted by Gasteiger charge is -2.49. The number of piperidine rings is 1. The van der Waals surface area contributed by atoms with Crippen molar-refractivity contribution in [3.63, 3.8) is 0 Å². The lowest BCUT2D eigenvalue weighted by molar-refractivity contribution is -0.135. The third kappa shape index (κ3) is 2.39. The quantitative estimate of drug-likeness (QED) is 0.832. The number of carbonyl (C=O) groups excluding carboxylic acids is 1. The second-order valence-electron chi connectivity index (χ2n) is 7.91. The number of aromatic nitrogens is 3. The number of pyridine rings is 1. The molecule has 0 N–H and O–H groups in total. The topological polar surface area (TPSA) is 54.3 Å². The molecule has 4 heterocycles. The lowest BCUT2D eigenvalue weighted by Crippen LogP contribution is -2.57. The summed E-state index contributed by atoms with van der Waals surface area (Å²) in [7, 11) is 2.21. The molecule has 0 atom stereocenters. The van der Waals surface area contributed by atoms with Gasteiger partial charge in [0.1, 0.15) is 5.82 Å². The Morgan fingerprint density at radius 2 is 1.96 bits per heavy atom. The Hall–Kier alpha value is -2.21. The number of likely N-dealkylation sites (tertiary alicyclic amines) is 1. The minimum atomic E-state index is -0.0565. The van der Waals surface area contributed by atoms with Gasteiger partial charge in [-0.3, -0.25) is 14.7 Å². The predicted molar refractivity (Wildman–Crippen MR) is 98.3 cm³/mol. The van der Waals surface area contributed by atoms with Gasteiger partial charge in [0.15, 0.2) is 0 Å². The van der Waals surface area contributed by atoms with Crippen molar-refractivity contribution in [2.75, 3.05) is 26.7 Å². The third-order valence-corrected chi connectivity index (χ3v) is 6.45. The molecule has 2 aromatic heterocycles. The summed E-state index contributed by atoms with van der Waals surface area (Å²) in [6.07, 6.45) is 9.80. The summed E-state index contributed by atoms with van der Waals surface area (Å²) in [5.74, 6) is 1.84. The molecule has 1 amide bonds. The second-order valence-corrected chi connectivity index (χ2v) is 7.91. The standard InChI is InChI=1S/C20H25N5O/c1-23-11-12-25-17(16-3-2-8-21-13-16)14-22-19(25)20(23)6-9-24(10-7-20)18(26)15-4-5-15/h2-3,8,13-15H,4-7,9-12H2,1H3. The molecule has 1 aliphatic carbocycles. The van der Waals surface area contributed by atoms with E-state index in [1.54, 1.807) is 6.20 Å². The van der Waals surface area contributed by atoms with Crippen LogP contribution in [0.2, 0.25) is 0 Å². The fraction of sp³-hybridized carbons (Fsp3) is 0.550. The number of carbonyl (C=O) groups is 1. The van der Waals surface area contributed by atoms with Crippen molar-refractivity contribution in [3.8, 4) is 11.3 Å². The minimum Gasteiger partial charge on any atom is -0.342 e. The summed E-state index contributed by atoms with van der Waals surface area (Å²) >= 11 is 0. The van der Waals surface area contributed by atoms with Crippen LogP contribution in [0.4, 0.5) is 0 Å². The maximum absolute atomic E-state index is 12.4. The van der Waals surface area contributed by atoms with Gasteiger partial charge in [-0.2, -0.15) is 0 Å². The highest BCUT2D eigenvalue weighted by Gasteiger charge is 2.47. The van der Waals surface area contributed by atoms with Gasteiger partial charge in [-0.1, -0.05) is 0 Å². The summed E-state index contributed by atoms with van der Waals surface area (Å²) in [5.41, 5.74) is 2.21. The zero-order valence-corrected chi connectivity index (χ0v) is 15.3. The fourth-order valence-corrected chi connectivity index (χ4v) is 4.64. The van der Waals surface area contributed by atoms with Crippen molar-refractivity contribution < 1.29 is 4.79 Å². The Bertz CT molecular complexity index is 818. The van der Waals surface area contributed by atoms with E-state index in [1.165, 1.54) is 0 Å². The number of hydrogen-bond donors (Lipinski definition) is 0. The van der Waals surface area contributed by atoms with Crippen LogP contribution in [0, 0.1) is 5.92 Å². The molecule has 2 aliphatic heterocycles. The molecule has 26 heavy (non-hydrogen) atoms. The summed E-state index contributed by atoms with van der Waals surface area (Å²) in [6, 6.07) is 4.07. The molecule has 1 saturated carbocycles. The van der Waals surface area contributed by atoms with Crippen LogP contribution < -0.4 is 0 Å². The average molecular weight is 351 g/mol. The second kappa shape index (κ2) is 5.91. The van der Waals surface area contributed by atoms with Gasteiger partial charge in [0.2, 0.25) is 5.91 Å². The van der Waals surface area contributed by atoms with E-state index < -0.39 is 0 Å². The molecule has 1 spiro atoms. The third-order valence-electron chi connectivity index (χ3n) is 6.45. The van der Waals surface area contributed by atoms with Crippen LogP contribution >= 0.6 is 0 Å². The van der Waals surface area contributed by atoms with Crippen LogP contribution in [-0.2, 0) is 16.9 Å².